The average Bonchev–Trinajstić information content (AvgIpc) is 3.19. The maximum absolute atomic E-state index is 13.9. The van der Waals surface area contributed by atoms with E-state index >= 15 is 0 Å². The largest absolute Gasteiger partial charge is 0.493 e. The van der Waals surface area contributed by atoms with Crippen molar-refractivity contribution < 1.29 is 23.8 Å². The number of hydrogen-bond donors (Lipinski definition) is 2. The van der Waals surface area contributed by atoms with Gasteiger partial charge in [0.15, 0.2) is 16.7 Å². The third-order valence-corrected chi connectivity index (χ3v) is 8.92. The predicted molar refractivity (Wildman–Crippen MR) is 159 cm³/mol. The van der Waals surface area contributed by atoms with Crippen molar-refractivity contribution in [1.29, 1.82) is 0 Å². The van der Waals surface area contributed by atoms with Gasteiger partial charge in [-0.2, -0.15) is 0 Å². The number of hydrazine groups is 1. The summed E-state index contributed by atoms with van der Waals surface area (Å²) in [5.74, 6) is -0.140. The van der Waals surface area contributed by atoms with Gasteiger partial charge in [-0.15, -0.1) is 11.3 Å². The van der Waals surface area contributed by atoms with E-state index in [9.17, 15) is 14.4 Å². The van der Waals surface area contributed by atoms with E-state index in [2.05, 4.69) is 10.9 Å². The van der Waals surface area contributed by atoms with Gasteiger partial charge >= 0.3 is 0 Å². The first-order valence-corrected chi connectivity index (χ1v) is 14.9. The van der Waals surface area contributed by atoms with E-state index in [1.54, 1.807) is 15.9 Å². The number of carbonyl (C=O) groups excluding carboxylic acids is 2. The molecule has 0 atom stereocenters. The minimum absolute atomic E-state index is 0.0780. The SMILES string of the molecule is COc1cc(C(=O)NNC(=O)CSc2nc3sc4c(c3c(=O)n2-c2ccccc2)CCCCC4)cc(OC)c1OC. The van der Waals surface area contributed by atoms with Gasteiger partial charge in [0.25, 0.3) is 11.5 Å². The Labute approximate surface area is 245 Å². The lowest BCUT2D eigenvalue weighted by molar-refractivity contribution is -0.119. The zero-order valence-electron chi connectivity index (χ0n) is 22.9. The Hall–Kier alpha value is -4.03. The lowest BCUT2D eigenvalue weighted by atomic mass is 10.1. The van der Waals surface area contributed by atoms with Gasteiger partial charge < -0.3 is 14.2 Å². The summed E-state index contributed by atoms with van der Waals surface area (Å²) in [5.41, 5.74) is 6.71. The molecule has 1 aliphatic carbocycles. The Morgan fingerprint density at radius 2 is 1.68 bits per heavy atom. The molecule has 0 bridgehead atoms. The molecule has 1 aliphatic rings. The minimum Gasteiger partial charge on any atom is -0.493 e. The minimum atomic E-state index is -0.566. The summed E-state index contributed by atoms with van der Waals surface area (Å²) >= 11 is 2.71. The molecule has 12 heteroatoms. The van der Waals surface area contributed by atoms with Crippen LogP contribution in [0.4, 0.5) is 0 Å². The highest BCUT2D eigenvalue weighted by Crippen LogP contribution is 2.38. The molecule has 2 aromatic carbocycles. The lowest BCUT2D eigenvalue weighted by Gasteiger charge is -2.14. The Bertz CT molecular complexity index is 1630. The van der Waals surface area contributed by atoms with E-state index in [4.69, 9.17) is 19.2 Å². The van der Waals surface area contributed by atoms with Gasteiger partial charge in [-0.1, -0.05) is 36.4 Å². The summed E-state index contributed by atoms with van der Waals surface area (Å²) in [6, 6.07) is 12.3. The van der Waals surface area contributed by atoms with Crippen molar-refractivity contribution in [2.75, 3.05) is 27.1 Å². The molecule has 41 heavy (non-hydrogen) atoms. The second-order valence-electron chi connectivity index (χ2n) is 9.32. The molecule has 10 nitrogen and oxygen atoms in total. The van der Waals surface area contributed by atoms with Crippen LogP contribution in [0, 0.1) is 0 Å². The van der Waals surface area contributed by atoms with E-state index in [1.807, 2.05) is 30.3 Å². The Morgan fingerprint density at radius 3 is 2.37 bits per heavy atom. The van der Waals surface area contributed by atoms with Crippen molar-refractivity contribution in [2.24, 2.45) is 0 Å². The smallest absolute Gasteiger partial charge is 0.269 e. The van der Waals surface area contributed by atoms with Crippen molar-refractivity contribution in [1.82, 2.24) is 20.4 Å². The maximum atomic E-state index is 13.9. The number of aryl methyl sites for hydroxylation is 2. The Balaban J connectivity index is 1.36. The molecule has 0 radical (unpaired) electrons. The average molecular weight is 595 g/mol. The van der Waals surface area contributed by atoms with Gasteiger partial charge in [-0.25, -0.2) is 4.98 Å². The molecule has 0 saturated heterocycles. The normalized spacial score (nSPS) is 12.8. The third kappa shape index (κ3) is 5.89. The fourth-order valence-electron chi connectivity index (χ4n) is 4.84. The van der Waals surface area contributed by atoms with Crippen LogP contribution in [0.25, 0.3) is 15.9 Å². The van der Waals surface area contributed by atoms with Crippen LogP contribution in [0.2, 0.25) is 0 Å². The summed E-state index contributed by atoms with van der Waals surface area (Å²) in [5, 5.41) is 1.10. The highest BCUT2D eigenvalue weighted by molar-refractivity contribution is 7.99. The Kier molecular flexibility index (Phi) is 8.79. The second kappa shape index (κ2) is 12.6. The number of amides is 2. The highest BCUT2D eigenvalue weighted by Gasteiger charge is 2.23. The zero-order valence-corrected chi connectivity index (χ0v) is 24.6. The molecular formula is C29H30N4O6S2. The topological polar surface area (TPSA) is 121 Å². The van der Waals surface area contributed by atoms with Gasteiger partial charge in [0.05, 0.1) is 38.2 Å². The zero-order chi connectivity index (χ0) is 28.9. The van der Waals surface area contributed by atoms with E-state index in [1.165, 1.54) is 38.3 Å². The van der Waals surface area contributed by atoms with Crippen molar-refractivity contribution in [3.63, 3.8) is 0 Å². The third-order valence-electron chi connectivity index (χ3n) is 6.80. The van der Waals surface area contributed by atoms with Crippen molar-refractivity contribution in [3.8, 4) is 22.9 Å². The standard InChI is InChI=1S/C29H30N4O6S2/c1-37-20-14-17(15-21(38-2)25(20)39-3)26(35)32-31-23(34)16-40-29-30-27-24(19-12-8-5-9-13-22(19)41-27)28(36)33(29)18-10-6-4-7-11-18/h4,6-7,10-11,14-15H,5,8-9,12-13,16H2,1-3H3,(H,31,34)(H,32,35). The first-order chi connectivity index (χ1) is 19.9. The van der Waals surface area contributed by atoms with Crippen molar-refractivity contribution in [2.45, 2.75) is 37.3 Å². The lowest BCUT2D eigenvalue weighted by Crippen LogP contribution is -2.42. The number of ether oxygens (including phenoxy) is 3. The van der Waals surface area contributed by atoms with E-state index in [-0.39, 0.29) is 16.9 Å². The number of nitrogens with zero attached hydrogens (tertiary/aromatic N) is 2. The molecule has 2 aromatic heterocycles. The fourth-order valence-corrected chi connectivity index (χ4v) is 6.96. The monoisotopic (exact) mass is 594 g/mol. The van der Waals surface area contributed by atoms with E-state index in [0.717, 1.165) is 49.4 Å². The van der Waals surface area contributed by atoms with Crippen molar-refractivity contribution >= 4 is 45.1 Å². The number of aromatic nitrogens is 2. The van der Waals surface area contributed by atoms with Gasteiger partial charge in [-0.05, 0) is 55.5 Å². The van der Waals surface area contributed by atoms with Crippen LogP contribution >= 0.6 is 23.1 Å². The number of nitrogens with one attached hydrogen (secondary N) is 2. The van der Waals surface area contributed by atoms with Crippen LogP contribution in [0.5, 0.6) is 17.2 Å². The van der Waals surface area contributed by atoms with E-state index < -0.39 is 11.8 Å². The number of thiophene rings is 1. The molecule has 4 aromatic rings. The molecule has 5 rings (SSSR count). The van der Waals surface area contributed by atoms with Crippen LogP contribution in [-0.4, -0.2) is 48.4 Å². The summed E-state index contributed by atoms with van der Waals surface area (Å²) in [4.78, 5) is 46.2. The number of carbonyl (C=O) groups is 2. The first-order valence-electron chi connectivity index (χ1n) is 13.1. The molecule has 2 heterocycles. The number of fused-ring (bicyclic) bond motifs is 3. The summed E-state index contributed by atoms with van der Waals surface area (Å²) < 4.78 is 17.5. The van der Waals surface area contributed by atoms with Crippen LogP contribution in [0.3, 0.4) is 0 Å². The molecule has 0 fully saturated rings. The predicted octanol–water partition coefficient (Wildman–Crippen LogP) is 4.30. The first kappa shape index (κ1) is 28.5. The van der Waals surface area contributed by atoms with Crippen molar-refractivity contribution in [3.05, 3.63) is 68.8 Å². The van der Waals surface area contributed by atoms with Crippen LogP contribution < -0.4 is 30.6 Å². The van der Waals surface area contributed by atoms with Gasteiger partial charge in [0, 0.05) is 10.4 Å². The molecule has 0 spiro atoms. The van der Waals surface area contributed by atoms with E-state index in [0.29, 0.717) is 38.3 Å². The fraction of sp³-hybridized carbons (Fsp3) is 0.310. The maximum Gasteiger partial charge on any atom is 0.269 e. The molecule has 2 N–H and O–H groups in total. The molecule has 0 unspecified atom stereocenters. The van der Waals surface area contributed by atoms with Gasteiger partial charge in [0.1, 0.15) is 4.83 Å². The van der Waals surface area contributed by atoms with Gasteiger partial charge in [-0.3, -0.25) is 29.8 Å². The summed E-state index contributed by atoms with van der Waals surface area (Å²) in [6.07, 6.45) is 5.15. The Morgan fingerprint density at radius 1 is 0.976 bits per heavy atom. The molecule has 0 saturated carbocycles. The van der Waals surface area contributed by atoms with Gasteiger partial charge in [0.2, 0.25) is 11.7 Å². The number of thioether (sulfide) groups is 1. The highest BCUT2D eigenvalue weighted by atomic mass is 32.2. The molecule has 0 aliphatic heterocycles. The number of para-hydroxylation sites is 1. The summed E-state index contributed by atoms with van der Waals surface area (Å²) in [7, 11) is 4.37. The van der Waals surface area contributed by atoms with Crippen LogP contribution in [-0.2, 0) is 17.6 Å². The number of benzene rings is 2. The van der Waals surface area contributed by atoms with Crippen LogP contribution in [0.15, 0.2) is 52.4 Å². The summed E-state index contributed by atoms with van der Waals surface area (Å²) in [6.45, 7) is 0. The number of rotatable bonds is 8. The second-order valence-corrected chi connectivity index (χ2v) is 11.3. The number of methoxy groups -OCH3 is 3. The van der Waals surface area contributed by atoms with Crippen LogP contribution in [0.1, 0.15) is 40.1 Å². The molecule has 214 valence electrons. The number of hydrogen-bond acceptors (Lipinski definition) is 9. The molecular weight excluding hydrogens is 564 g/mol. The molecule has 2 amide bonds. The quantitative estimate of drug-likeness (QED) is 0.134.